The van der Waals surface area contributed by atoms with Crippen LogP contribution in [0, 0.1) is 0 Å². The van der Waals surface area contributed by atoms with Crippen LogP contribution in [0.15, 0.2) is 54.6 Å². The summed E-state index contributed by atoms with van der Waals surface area (Å²) in [5.41, 5.74) is 9.15. The molecule has 2 heterocycles. The van der Waals surface area contributed by atoms with E-state index < -0.39 is 0 Å². The van der Waals surface area contributed by atoms with E-state index in [0.717, 1.165) is 43.2 Å². The number of nitrogens with zero attached hydrogens (tertiary/aromatic N) is 2. The quantitative estimate of drug-likeness (QED) is 0.830. The SMILES string of the molecule is CC(C(=O)N1CCN(C2CC(c3ccc(Cl)cc3)NN2)CC1)c1ccccc1. The van der Waals surface area contributed by atoms with Gasteiger partial charge in [-0.15, -0.1) is 0 Å². The average Bonchev–Trinajstić information content (AvgIpc) is 3.24. The van der Waals surface area contributed by atoms with Gasteiger partial charge in [0.15, 0.2) is 0 Å². The third-order valence-corrected chi connectivity index (χ3v) is 6.14. The van der Waals surface area contributed by atoms with Gasteiger partial charge in [0.05, 0.1) is 12.1 Å². The van der Waals surface area contributed by atoms with Crippen molar-refractivity contribution in [1.82, 2.24) is 20.7 Å². The number of carbonyl (C=O) groups is 1. The first kappa shape index (κ1) is 19.4. The second-order valence-corrected chi connectivity index (χ2v) is 8.07. The van der Waals surface area contributed by atoms with Crippen LogP contribution in [0.2, 0.25) is 5.02 Å². The minimum atomic E-state index is -0.0895. The Balaban J connectivity index is 1.30. The summed E-state index contributed by atoms with van der Waals surface area (Å²) in [5, 5.41) is 0.761. The summed E-state index contributed by atoms with van der Waals surface area (Å²) in [7, 11) is 0. The molecule has 6 heteroatoms. The molecular formula is C22H27ClN4O. The van der Waals surface area contributed by atoms with Gasteiger partial charge in [-0.1, -0.05) is 54.1 Å². The van der Waals surface area contributed by atoms with Crippen LogP contribution in [-0.2, 0) is 4.79 Å². The summed E-state index contributed by atoms with van der Waals surface area (Å²) in [4.78, 5) is 17.3. The standard InChI is InChI=1S/C22H27ClN4O/c1-16(17-5-3-2-4-6-17)22(28)27-13-11-26(12-14-27)21-15-20(24-25-21)18-7-9-19(23)10-8-18/h2-10,16,20-21,24-25H,11-15H2,1H3. The van der Waals surface area contributed by atoms with Gasteiger partial charge in [-0.25, -0.2) is 10.9 Å². The number of halogens is 1. The second kappa shape index (κ2) is 8.62. The zero-order chi connectivity index (χ0) is 19.5. The minimum absolute atomic E-state index is 0.0895. The van der Waals surface area contributed by atoms with Gasteiger partial charge in [0, 0.05) is 37.2 Å². The van der Waals surface area contributed by atoms with Crippen LogP contribution >= 0.6 is 11.6 Å². The molecule has 148 valence electrons. The highest BCUT2D eigenvalue weighted by Crippen LogP contribution is 2.26. The molecule has 0 bridgehead atoms. The van der Waals surface area contributed by atoms with Gasteiger partial charge in [0.1, 0.15) is 0 Å². The molecule has 2 aliphatic heterocycles. The van der Waals surface area contributed by atoms with E-state index in [1.165, 1.54) is 5.56 Å². The maximum absolute atomic E-state index is 12.9. The molecule has 2 aliphatic rings. The van der Waals surface area contributed by atoms with Crippen LogP contribution < -0.4 is 10.9 Å². The summed E-state index contributed by atoms with van der Waals surface area (Å²) in [6.45, 7) is 5.34. The molecule has 5 nitrogen and oxygen atoms in total. The molecule has 0 spiro atoms. The van der Waals surface area contributed by atoms with Crippen molar-refractivity contribution in [2.75, 3.05) is 26.2 Å². The lowest BCUT2D eigenvalue weighted by Crippen LogP contribution is -2.55. The summed E-state index contributed by atoms with van der Waals surface area (Å²) in [5.74, 6) is 0.135. The number of piperazine rings is 1. The fraction of sp³-hybridized carbons (Fsp3) is 0.409. The molecule has 0 aliphatic carbocycles. The van der Waals surface area contributed by atoms with Gasteiger partial charge in [-0.2, -0.15) is 0 Å². The smallest absolute Gasteiger partial charge is 0.229 e. The Hall–Kier alpha value is -1.92. The molecule has 3 atom stereocenters. The Labute approximate surface area is 171 Å². The second-order valence-electron chi connectivity index (χ2n) is 7.64. The molecule has 0 saturated carbocycles. The number of hydrazine groups is 1. The van der Waals surface area contributed by atoms with Crippen molar-refractivity contribution in [2.24, 2.45) is 0 Å². The third-order valence-electron chi connectivity index (χ3n) is 5.89. The molecular weight excluding hydrogens is 372 g/mol. The summed E-state index contributed by atoms with van der Waals surface area (Å²) < 4.78 is 0. The highest BCUT2D eigenvalue weighted by Gasteiger charge is 2.33. The Morgan fingerprint density at radius 2 is 1.68 bits per heavy atom. The summed E-state index contributed by atoms with van der Waals surface area (Å²) in [6, 6.07) is 18.3. The number of carbonyl (C=O) groups excluding carboxylic acids is 1. The van der Waals surface area contributed by atoms with Crippen LogP contribution in [0.5, 0.6) is 0 Å². The van der Waals surface area contributed by atoms with Gasteiger partial charge < -0.3 is 4.90 Å². The molecule has 2 saturated heterocycles. The van der Waals surface area contributed by atoms with Crippen LogP contribution in [0.3, 0.4) is 0 Å². The summed E-state index contributed by atoms with van der Waals surface area (Å²) in [6.07, 6.45) is 1.28. The Morgan fingerprint density at radius 3 is 2.36 bits per heavy atom. The first-order chi connectivity index (χ1) is 13.6. The number of nitrogens with one attached hydrogen (secondary N) is 2. The van der Waals surface area contributed by atoms with E-state index in [-0.39, 0.29) is 24.0 Å². The van der Waals surface area contributed by atoms with E-state index in [9.17, 15) is 4.79 Å². The van der Waals surface area contributed by atoms with Crippen LogP contribution in [0.4, 0.5) is 0 Å². The van der Waals surface area contributed by atoms with E-state index in [1.54, 1.807) is 0 Å². The molecule has 0 radical (unpaired) electrons. The van der Waals surface area contributed by atoms with Crippen molar-refractivity contribution < 1.29 is 4.79 Å². The summed E-state index contributed by atoms with van der Waals surface area (Å²) >= 11 is 5.99. The van der Waals surface area contributed by atoms with E-state index in [2.05, 4.69) is 27.9 Å². The van der Waals surface area contributed by atoms with Crippen molar-refractivity contribution in [2.45, 2.75) is 31.5 Å². The fourth-order valence-corrected chi connectivity index (χ4v) is 4.23. The predicted octanol–water partition coefficient (Wildman–Crippen LogP) is 3.15. The van der Waals surface area contributed by atoms with Crippen molar-refractivity contribution in [3.63, 3.8) is 0 Å². The van der Waals surface area contributed by atoms with E-state index in [4.69, 9.17) is 11.6 Å². The first-order valence-corrected chi connectivity index (χ1v) is 10.3. The molecule has 28 heavy (non-hydrogen) atoms. The fourth-order valence-electron chi connectivity index (χ4n) is 4.10. The largest absolute Gasteiger partial charge is 0.340 e. The number of hydrogen-bond acceptors (Lipinski definition) is 4. The highest BCUT2D eigenvalue weighted by molar-refractivity contribution is 6.30. The molecule has 0 aromatic heterocycles. The number of amides is 1. The molecule has 4 rings (SSSR count). The lowest BCUT2D eigenvalue weighted by atomic mass is 9.99. The Bertz CT molecular complexity index is 790. The minimum Gasteiger partial charge on any atom is -0.340 e. The van der Waals surface area contributed by atoms with Crippen molar-refractivity contribution >= 4 is 17.5 Å². The van der Waals surface area contributed by atoms with Crippen LogP contribution in [0.1, 0.15) is 36.4 Å². The first-order valence-electron chi connectivity index (χ1n) is 9.96. The maximum Gasteiger partial charge on any atom is 0.229 e. The van der Waals surface area contributed by atoms with Gasteiger partial charge in [0.2, 0.25) is 5.91 Å². The van der Waals surface area contributed by atoms with Crippen LogP contribution in [-0.4, -0.2) is 48.1 Å². The lowest BCUT2D eigenvalue weighted by Gasteiger charge is -2.38. The van der Waals surface area contributed by atoms with Gasteiger partial charge in [-0.3, -0.25) is 9.69 Å². The maximum atomic E-state index is 12.9. The predicted molar refractivity (Wildman–Crippen MR) is 112 cm³/mol. The molecule has 2 N–H and O–H groups in total. The number of hydrogen-bond donors (Lipinski definition) is 2. The van der Waals surface area contributed by atoms with Crippen molar-refractivity contribution in [1.29, 1.82) is 0 Å². The molecule has 2 aromatic rings. The zero-order valence-electron chi connectivity index (χ0n) is 16.1. The molecule has 2 fully saturated rings. The van der Waals surface area contributed by atoms with Crippen molar-refractivity contribution in [3.05, 3.63) is 70.7 Å². The monoisotopic (exact) mass is 398 g/mol. The van der Waals surface area contributed by atoms with Crippen LogP contribution in [0.25, 0.3) is 0 Å². The van der Waals surface area contributed by atoms with E-state index in [0.29, 0.717) is 0 Å². The Morgan fingerprint density at radius 1 is 1.00 bits per heavy atom. The molecule has 3 unspecified atom stereocenters. The topological polar surface area (TPSA) is 47.6 Å². The number of benzene rings is 2. The highest BCUT2D eigenvalue weighted by atomic mass is 35.5. The molecule has 1 amide bonds. The zero-order valence-corrected chi connectivity index (χ0v) is 16.9. The normalized spacial score (nSPS) is 24.3. The molecule has 2 aromatic carbocycles. The van der Waals surface area contributed by atoms with Gasteiger partial charge in [0.25, 0.3) is 0 Å². The van der Waals surface area contributed by atoms with E-state index in [1.807, 2.05) is 54.3 Å². The van der Waals surface area contributed by atoms with Gasteiger partial charge in [-0.05, 0) is 36.6 Å². The number of rotatable bonds is 4. The van der Waals surface area contributed by atoms with E-state index >= 15 is 0 Å². The van der Waals surface area contributed by atoms with Crippen molar-refractivity contribution in [3.8, 4) is 0 Å². The average molecular weight is 399 g/mol. The Kier molecular flexibility index (Phi) is 5.97. The lowest BCUT2D eigenvalue weighted by molar-refractivity contribution is -0.134. The van der Waals surface area contributed by atoms with Gasteiger partial charge >= 0.3 is 0 Å². The third kappa shape index (κ3) is 4.23.